The predicted octanol–water partition coefficient (Wildman–Crippen LogP) is 4.36. The Labute approximate surface area is 147 Å². The summed E-state index contributed by atoms with van der Waals surface area (Å²) in [7, 11) is 1.86. The number of nitrogens with one attached hydrogen (secondary N) is 1. The topological polar surface area (TPSA) is 61.9 Å². The molecule has 5 nitrogen and oxygen atoms in total. The average molecular weight is 347 g/mol. The van der Waals surface area contributed by atoms with Gasteiger partial charge in [-0.1, -0.05) is 19.3 Å². The van der Waals surface area contributed by atoms with Crippen molar-refractivity contribution in [2.75, 3.05) is 7.05 Å². The van der Waals surface area contributed by atoms with Crippen molar-refractivity contribution in [3.8, 4) is 0 Å². The van der Waals surface area contributed by atoms with Crippen molar-refractivity contribution in [3.63, 3.8) is 0 Å². The van der Waals surface area contributed by atoms with Gasteiger partial charge in [0, 0.05) is 17.8 Å². The number of hydrogen-bond donors (Lipinski definition) is 1. The Morgan fingerprint density at radius 3 is 2.67 bits per heavy atom. The lowest BCUT2D eigenvalue weighted by Crippen LogP contribution is -2.31. The van der Waals surface area contributed by atoms with E-state index >= 15 is 0 Å². The van der Waals surface area contributed by atoms with Crippen LogP contribution in [-0.2, 0) is 0 Å². The molecule has 0 bridgehead atoms. The van der Waals surface area contributed by atoms with E-state index in [0.717, 1.165) is 34.8 Å². The third-order valence-corrected chi connectivity index (χ3v) is 6.05. The zero-order chi connectivity index (χ0) is 17.3. The van der Waals surface area contributed by atoms with Gasteiger partial charge in [0.05, 0.1) is 34.2 Å². The first kappa shape index (κ1) is 17.1. The van der Waals surface area contributed by atoms with Crippen LogP contribution in [0.5, 0.6) is 0 Å². The second-order valence-corrected chi connectivity index (χ2v) is 8.21. The summed E-state index contributed by atoms with van der Waals surface area (Å²) in [5.41, 5.74) is 2.74. The number of carbonyl (C=O) groups is 1. The zero-order valence-electron chi connectivity index (χ0n) is 14.9. The van der Waals surface area contributed by atoms with Crippen LogP contribution in [-0.4, -0.2) is 33.0 Å². The van der Waals surface area contributed by atoms with Crippen LogP contribution in [0.2, 0.25) is 0 Å². The maximum absolute atomic E-state index is 13.0. The Balaban J connectivity index is 1.81. The van der Waals surface area contributed by atoms with Crippen LogP contribution >= 0.6 is 11.3 Å². The lowest BCUT2D eigenvalue weighted by Gasteiger charge is -2.26. The zero-order valence-corrected chi connectivity index (χ0v) is 15.7. The molecule has 1 saturated carbocycles. The molecule has 1 aliphatic carbocycles. The molecule has 0 radical (unpaired) electrons. The summed E-state index contributed by atoms with van der Waals surface area (Å²) in [6, 6.07) is -0.0449. The van der Waals surface area contributed by atoms with Crippen molar-refractivity contribution >= 4 is 17.2 Å². The standard InChI is InChI=1S/C18H26N4OS/c1-11(16-12(2)24-13(3)20-16)22(4)18(23)15-10-19-21-17(15)14-8-6-5-7-9-14/h10-11,14H,5-9H2,1-4H3,(H,19,21)/t11-/m0/s1. The fourth-order valence-electron chi connectivity index (χ4n) is 3.65. The number of aromatic nitrogens is 3. The molecule has 1 N–H and O–H groups in total. The fourth-order valence-corrected chi connectivity index (χ4v) is 4.56. The van der Waals surface area contributed by atoms with Crippen molar-refractivity contribution < 1.29 is 4.79 Å². The SMILES string of the molecule is Cc1nc([C@H](C)N(C)C(=O)c2cn[nH]c2C2CCCCC2)c(C)s1. The molecule has 0 unspecified atom stereocenters. The van der Waals surface area contributed by atoms with E-state index in [9.17, 15) is 4.79 Å². The Kier molecular flexibility index (Phi) is 5.04. The highest BCUT2D eigenvalue weighted by atomic mass is 32.1. The van der Waals surface area contributed by atoms with E-state index in [1.54, 1.807) is 22.4 Å². The summed E-state index contributed by atoms with van der Waals surface area (Å²) in [4.78, 5) is 20.6. The summed E-state index contributed by atoms with van der Waals surface area (Å²) in [6.45, 7) is 6.12. The Hall–Kier alpha value is -1.69. The third kappa shape index (κ3) is 3.24. The van der Waals surface area contributed by atoms with Gasteiger partial charge in [-0.05, 0) is 33.6 Å². The highest BCUT2D eigenvalue weighted by molar-refractivity contribution is 7.11. The number of thiazole rings is 1. The number of hydrogen-bond acceptors (Lipinski definition) is 4. The lowest BCUT2D eigenvalue weighted by atomic mass is 9.85. The van der Waals surface area contributed by atoms with Gasteiger partial charge in [0.25, 0.3) is 5.91 Å². The van der Waals surface area contributed by atoms with Gasteiger partial charge in [-0.2, -0.15) is 5.10 Å². The summed E-state index contributed by atoms with van der Waals surface area (Å²) in [5, 5.41) is 8.31. The van der Waals surface area contributed by atoms with Gasteiger partial charge >= 0.3 is 0 Å². The van der Waals surface area contributed by atoms with Gasteiger partial charge in [0.15, 0.2) is 0 Å². The molecule has 2 aromatic heterocycles. The molecular weight excluding hydrogens is 320 g/mol. The van der Waals surface area contributed by atoms with Crippen LogP contribution in [0, 0.1) is 13.8 Å². The van der Waals surface area contributed by atoms with E-state index in [4.69, 9.17) is 0 Å². The van der Waals surface area contributed by atoms with E-state index < -0.39 is 0 Å². The molecule has 130 valence electrons. The van der Waals surface area contributed by atoms with Crippen LogP contribution in [0.1, 0.15) is 82.6 Å². The van der Waals surface area contributed by atoms with Crippen molar-refractivity contribution in [1.29, 1.82) is 0 Å². The lowest BCUT2D eigenvalue weighted by molar-refractivity contribution is 0.0738. The molecule has 3 rings (SSSR count). The van der Waals surface area contributed by atoms with Crippen molar-refractivity contribution in [2.24, 2.45) is 0 Å². The van der Waals surface area contributed by atoms with Crippen LogP contribution in [0.15, 0.2) is 6.20 Å². The number of rotatable bonds is 4. The minimum atomic E-state index is -0.0449. The molecule has 2 aromatic rings. The Bertz CT molecular complexity index is 714. The molecule has 1 fully saturated rings. The number of carbonyl (C=O) groups excluding carboxylic acids is 1. The van der Waals surface area contributed by atoms with E-state index in [0.29, 0.717) is 5.92 Å². The molecule has 1 aliphatic rings. The molecular formula is C18H26N4OS. The molecule has 0 saturated heterocycles. The minimum Gasteiger partial charge on any atom is -0.333 e. The molecule has 24 heavy (non-hydrogen) atoms. The Morgan fingerprint density at radius 2 is 2.04 bits per heavy atom. The first-order valence-electron chi connectivity index (χ1n) is 8.73. The number of amides is 1. The fraction of sp³-hybridized carbons (Fsp3) is 0.611. The smallest absolute Gasteiger partial charge is 0.257 e. The second kappa shape index (κ2) is 7.05. The molecule has 1 atom stereocenters. The maximum atomic E-state index is 13.0. The summed E-state index contributed by atoms with van der Waals surface area (Å²) in [5.74, 6) is 0.467. The quantitative estimate of drug-likeness (QED) is 0.894. The molecule has 6 heteroatoms. The first-order valence-corrected chi connectivity index (χ1v) is 9.55. The van der Waals surface area contributed by atoms with Crippen LogP contribution in [0.3, 0.4) is 0 Å². The average Bonchev–Trinajstić information content (AvgIpc) is 3.20. The molecule has 2 heterocycles. The monoisotopic (exact) mass is 346 g/mol. The normalized spacial score (nSPS) is 17.0. The van der Waals surface area contributed by atoms with Gasteiger partial charge in [-0.3, -0.25) is 9.89 Å². The Morgan fingerprint density at radius 1 is 1.33 bits per heavy atom. The van der Waals surface area contributed by atoms with Gasteiger partial charge in [-0.15, -0.1) is 11.3 Å². The number of aryl methyl sites for hydroxylation is 2. The highest BCUT2D eigenvalue weighted by Crippen LogP contribution is 2.34. The van der Waals surface area contributed by atoms with Crippen LogP contribution in [0.25, 0.3) is 0 Å². The summed E-state index contributed by atoms with van der Waals surface area (Å²) < 4.78 is 0. The number of aromatic amines is 1. The van der Waals surface area contributed by atoms with Crippen LogP contribution < -0.4 is 0 Å². The minimum absolute atomic E-state index is 0.0295. The number of H-pyrrole nitrogens is 1. The van der Waals surface area contributed by atoms with Gasteiger partial charge in [0.2, 0.25) is 0 Å². The van der Waals surface area contributed by atoms with Crippen molar-refractivity contribution in [2.45, 2.75) is 64.8 Å². The van der Waals surface area contributed by atoms with Gasteiger partial charge < -0.3 is 4.90 Å². The van der Waals surface area contributed by atoms with E-state index in [1.807, 2.05) is 20.9 Å². The third-order valence-electron chi connectivity index (χ3n) is 5.15. The van der Waals surface area contributed by atoms with Crippen molar-refractivity contribution in [3.05, 3.63) is 33.0 Å². The van der Waals surface area contributed by atoms with Gasteiger partial charge in [-0.25, -0.2) is 4.98 Å². The number of nitrogens with zero attached hydrogens (tertiary/aromatic N) is 3. The van der Waals surface area contributed by atoms with E-state index in [1.165, 1.54) is 24.1 Å². The largest absolute Gasteiger partial charge is 0.333 e. The van der Waals surface area contributed by atoms with Gasteiger partial charge in [0.1, 0.15) is 0 Å². The molecule has 0 aromatic carbocycles. The summed E-state index contributed by atoms with van der Waals surface area (Å²) >= 11 is 1.68. The molecule has 0 spiro atoms. The first-order chi connectivity index (χ1) is 11.5. The van der Waals surface area contributed by atoms with Crippen molar-refractivity contribution in [1.82, 2.24) is 20.1 Å². The van der Waals surface area contributed by atoms with Crippen LogP contribution in [0.4, 0.5) is 0 Å². The van der Waals surface area contributed by atoms with E-state index in [-0.39, 0.29) is 11.9 Å². The maximum Gasteiger partial charge on any atom is 0.257 e. The molecule has 1 amide bonds. The van der Waals surface area contributed by atoms with E-state index in [2.05, 4.69) is 22.1 Å². The molecule has 0 aliphatic heterocycles. The summed E-state index contributed by atoms with van der Waals surface area (Å²) in [6.07, 6.45) is 7.75. The predicted molar refractivity (Wildman–Crippen MR) is 96.5 cm³/mol. The highest BCUT2D eigenvalue weighted by Gasteiger charge is 2.28. The second-order valence-electron chi connectivity index (χ2n) is 6.80.